The van der Waals surface area contributed by atoms with E-state index < -0.39 is 0 Å². The number of nitrogens with two attached hydrogens (primary N) is 1. The zero-order valence-corrected chi connectivity index (χ0v) is 11.3. The van der Waals surface area contributed by atoms with Gasteiger partial charge in [0.05, 0.1) is 10.7 Å². The van der Waals surface area contributed by atoms with E-state index in [1.54, 1.807) is 24.5 Å². The summed E-state index contributed by atoms with van der Waals surface area (Å²) in [7, 11) is 0. The number of hydrogen-bond acceptors (Lipinski definition) is 3. The number of hydrogen-bond donors (Lipinski definition) is 1. The van der Waals surface area contributed by atoms with E-state index in [9.17, 15) is 0 Å². The van der Waals surface area contributed by atoms with Crippen molar-refractivity contribution in [2.24, 2.45) is 5.73 Å². The lowest BCUT2D eigenvalue weighted by Crippen LogP contribution is -1.95. The van der Waals surface area contributed by atoms with Gasteiger partial charge < -0.3 is 14.9 Å². The Bertz CT molecular complexity index is 513. The SMILES string of the molecule is NCc1coc(COc2ccc(Cl)cc2Br)c1. The fourth-order valence-corrected chi connectivity index (χ4v) is 2.15. The van der Waals surface area contributed by atoms with Crippen molar-refractivity contribution >= 4 is 27.5 Å². The Morgan fingerprint density at radius 3 is 2.82 bits per heavy atom. The summed E-state index contributed by atoms with van der Waals surface area (Å²) in [4.78, 5) is 0. The molecule has 0 radical (unpaired) electrons. The molecule has 0 bridgehead atoms. The summed E-state index contributed by atoms with van der Waals surface area (Å²) in [6, 6.07) is 7.24. The van der Waals surface area contributed by atoms with Crippen molar-refractivity contribution in [3.05, 3.63) is 51.3 Å². The molecule has 0 atom stereocenters. The first-order chi connectivity index (χ1) is 8.19. The molecule has 3 nitrogen and oxygen atoms in total. The Kier molecular flexibility index (Phi) is 4.10. The van der Waals surface area contributed by atoms with Crippen molar-refractivity contribution in [3.63, 3.8) is 0 Å². The minimum atomic E-state index is 0.361. The van der Waals surface area contributed by atoms with Crippen LogP contribution in [0.15, 0.2) is 39.4 Å². The monoisotopic (exact) mass is 315 g/mol. The molecule has 2 rings (SSSR count). The summed E-state index contributed by atoms with van der Waals surface area (Å²) in [5.41, 5.74) is 6.45. The molecular weight excluding hydrogens is 305 g/mol. The summed E-state index contributed by atoms with van der Waals surface area (Å²) in [6.45, 7) is 0.828. The summed E-state index contributed by atoms with van der Waals surface area (Å²) >= 11 is 9.22. The molecule has 1 aromatic heterocycles. The van der Waals surface area contributed by atoms with Gasteiger partial charge in [0.1, 0.15) is 18.1 Å². The van der Waals surface area contributed by atoms with E-state index in [0.717, 1.165) is 21.5 Å². The molecule has 0 saturated heterocycles. The van der Waals surface area contributed by atoms with E-state index >= 15 is 0 Å². The summed E-state index contributed by atoms with van der Waals surface area (Å²) in [5.74, 6) is 1.47. The average molecular weight is 317 g/mol. The first-order valence-corrected chi connectivity index (χ1v) is 6.20. The second kappa shape index (κ2) is 5.58. The van der Waals surface area contributed by atoms with Gasteiger partial charge in [-0.05, 0) is 40.2 Å². The molecule has 2 N–H and O–H groups in total. The first kappa shape index (κ1) is 12.5. The molecule has 2 aromatic rings. The van der Waals surface area contributed by atoms with E-state index in [1.807, 2.05) is 6.07 Å². The van der Waals surface area contributed by atoms with Crippen molar-refractivity contribution in [1.82, 2.24) is 0 Å². The van der Waals surface area contributed by atoms with E-state index in [1.165, 1.54) is 0 Å². The first-order valence-electron chi connectivity index (χ1n) is 5.03. The maximum Gasteiger partial charge on any atom is 0.146 e. The molecule has 5 heteroatoms. The van der Waals surface area contributed by atoms with Crippen molar-refractivity contribution < 1.29 is 9.15 Å². The van der Waals surface area contributed by atoms with Gasteiger partial charge in [-0.2, -0.15) is 0 Å². The third kappa shape index (κ3) is 3.25. The van der Waals surface area contributed by atoms with Crippen molar-refractivity contribution in [1.29, 1.82) is 0 Å². The largest absolute Gasteiger partial charge is 0.484 e. The number of rotatable bonds is 4. The minimum absolute atomic E-state index is 0.361. The third-order valence-corrected chi connectivity index (χ3v) is 3.06. The van der Waals surface area contributed by atoms with E-state index in [4.69, 9.17) is 26.5 Å². The van der Waals surface area contributed by atoms with E-state index in [2.05, 4.69) is 15.9 Å². The Labute approximate surface area is 113 Å². The van der Waals surface area contributed by atoms with Gasteiger partial charge in [-0.1, -0.05) is 11.6 Å². The highest BCUT2D eigenvalue weighted by Crippen LogP contribution is 2.28. The Balaban J connectivity index is 2.02. The van der Waals surface area contributed by atoms with Crippen LogP contribution in [0, 0.1) is 0 Å². The standard InChI is InChI=1S/C12H11BrClNO2/c13-11-4-9(14)1-2-12(11)17-7-10-3-8(5-15)6-16-10/h1-4,6H,5,7,15H2. The van der Waals surface area contributed by atoms with Crippen molar-refractivity contribution in [2.45, 2.75) is 13.2 Å². The van der Waals surface area contributed by atoms with Crippen LogP contribution < -0.4 is 10.5 Å². The highest BCUT2D eigenvalue weighted by Gasteiger charge is 2.05. The quantitative estimate of drug-likeness (QED) is 0.935. The number of benzene rings is 1. The summed E-state index contributed by atoms with van der Waals surface area (Å²) in [6.07, 6.45) is 1.63. The molecule has 0 aliphatic rings. The molecule has 0 aliphatic carbocycles. The topological polar surface area (TPSA) is 48.4 Å². The molecule has 17 heavy (non-hydrogen) atoms. The Morgan fingerprint density at radius 1 is 1.35 bits per heavy atom. The van der Waals surface area contributed by atoms with Gasteiger partial charge in [0.15, 0.2) is 0 Å². The van der Waals surface area contributed by atoms with Crippen LogP contribution in [0.3, 0.4) is 0 Å². The number of furan rings is 1. The normalized spacial score (nSPS) is 10.5. The van der Waals surface area contributed by atoms with Crippen LogP contribution in [0.2, 0.25) is 5.02 Å². The number of halogens is 2. The van der Waals surface area contributed by atoms with Crippen LogP contribution in [-0.4, -0.2) is 0 Å². The van der Waals surface area contributed by atoms with E-state index in [-0.39, 0.29) is 0 Å². The highest BCUT2D eigenvalue weighted by molar-refractivity contribution is 9.10. The molecule has 90 valence electrons. The van der Waals surface area contributed by atoms with E-state index in [0.29, 0.717) is 18.2 Å². The van der Waals surface area contributed by atoms with Crippen LogP contribution in [-0.2, 0) is 13.2 Å². The third-order valence-electron chi connectivity index (χ3n) is 2.21. The van der Waals surface area contributed by atoms with Crippen LogP contribution in [0.25, 0.3) is 0 Å². The average Bonchev–Trinajstić information content (AvgIpc) is 2.76. The van der Waals surface area contributed by atoms with Gasteiger partial charge in [-0.15, -0.1) is 0 Å². The van der Waals surface area contributed by atoms with Crippen LogP contribution in [0.1, 0.15) is 11.3 Å². The molecule has 0 spiro atoms. The Morgan fingerprint density at radius 2 is 2.18 bits per heavy atom. The van der Waals surface area contributed by atoms with Crippen LogP contribution >= 0.6 is 27.5 Å². The predicted molar refractivity (Wildman–Crippen MR) is 70.1 cm³/mol. The van der Waals surface area contributed by atoms with Gasteiger partial charge in [0, 0.05) is 17.1 Å². The fraction of sp³-hybridized carbons (Fsp3) is 0.167. The lowest BCUT2D eigenvalue weighted by Gasteiger charge is -2.06. The smallest absolute Gasteiger partial charge is 0.146 e. The molecule has 1 heterocycles. The molecule has 0 saturated carbocycles. The molecule has 0 amide bonds. The van der Waals surface area contributed by atoms with Gasteiger partial charge in [-0.3, -0.25) is 0 Å². The fourth-order valence-electron chi connectivity index (χ4n) is 1.35. The predicted octanol–water partition coefficient (Wildman–Crippen LogP) is 3.73. The van der Waals surface area contributed by atoms with Gasteiger partial charge >= 0.3 is 0 Å². The van der Waals surface area contributed by atoms with Crippen molar-refractivity contribution in [2.75, 3.05) is 0 Å². The van der Waals surface area contributed by atoms with Gasteiger partial charge in [0.2, 0.25) is 0 Å². The van der Waals surface area contributed by atoms with Crippen molar-refractivity contribution in [3.8, 4) is 5.75 Å². The lowest BCUT2D eigenvalue weighted by atomic mass is 10.3. The number of ether oxygens (including phenoxy) is 1. The lowest BCUT2D eigenvalue weighted by molar-refractivity contribution is 0.269. The molecule has 0 aliphatic heterocycles. The second-order valence-electron chi connectivity index (χ2n) is 3.49. The Hall–Kier alpha value is -0.970. The highest BCUT2D eigenvalue weighted by atomic mass is 79.9. The van der Waals surface area contributed by atoms with Crippen LogP contribution in [0.4, 0.5) is 0 Å². The summed E-state index contributed by atoms with van der Waals surface area (Å²) in [5, 5.41) is 0.660. The zero-order chi connectivity index (χ0) is 12.3. The van der Waals surface area contributed by atoms with Gasteiger partial charge in [-0.25, -0.2) is 0 Å². The molecular formula is C12H11BrClNO2. The molecule has 0 fully saturated rings. The molecule has 1 aromatic carbocycles. The molecule has 0 unspecified atom stereocenters. The van der Waals surface area contributed by atoms with Crippen LogP contribution in [0.5, 0.6) is 5.75 Å². The zero-order valence-electron chi connectivity index (χ0n) is 8.95. The maximum absolute atomic E-state index is 5.84. The van der Waals surface area contributed by atoms with Gasteiger partial charge in [0.25, 0.3) is 0 Å². The maximum atomic E-state index is 5.84. The second-order valence-corrected chi connectivity index (χ2v) is 4.78. The summed E-state index contributed by atoms with van der Waals surface area (Å²) < 4.78 is 11.7. The minimum Gasteiger partial charge on any atom is -0.484 e.